The lowest BCUT2D eigenvalue weighted by Gasteiger charge is -2.09. The molecule has 2 aromatic rings. The van der Waals surface area contributed by atoms with Crippen LogP contribution in [0.25, 0.3) is 10.9 Å². The summed E-state index contributed by atoms with van der Waals surface area (Å²) in [7, 11) is 5.96. The van der Waals surface area contributed by atoms with Crippen molar-refractivity contribution in [3.8, 4) is 0 Å². The molecule has 2 rings (SSSR count). The zero-order valence-corrected chi connectivity index (χ0v) is 14.0. The van der Waals surface area contributed by atoms with Crippen molar-refractivity contribution in [2.75, 3.05) is 27.7 Å². The van der Waals surface area contributed by atoms with Gasteiger partial charge in [0.25, 0.3) is 0 Å². The van der Waals surface area contributed by atoms with Crippen molar-refractivity contribution in [2.24, 2.45) is 15.9 Å². The summed E-state index contributed by atoms with van der Waals surface area (Å²) in [6, 6.07) is 6.70. The minimum Gasteiger partial charge on any atom is -0.361 e. The topological polar surface area (TPSA) is 43.8 Å². The van der Waals surface area contributed by atoms with Crippen LogP contribution in [-0.2, 0) is 12.8 Å². The molecule has 0 bridgehead atoms. The number of aromatic nitrogens is 1. The van der Waals surface area contributed by atoms with Crippen molar-refractivity contribution < 1.29 is 0 Å². The van der Waals surface area contributed by atoms with E-state index in [0.717, 1.165) is 19.4 Å². The molecule has 1 atom stereocenters. The number of nitrogens with zero attached hydrogens (tertiary/aromatic N) is 3. The molecule has 0 saturated heterocycles. The van der Waals surface area contributed by atoms with Crippen LogP contribution >= 0.6 is 0 Å². The van der Waals surface area contributed by atoms with Crippen molar-refractivity contribution in [2.45, 2.75) is 19.8 Å². The van der Waals surface area contributed by atoms with Gasteiger partial charge in [0.1, 0.15) is 6.34 Å². The van der Waals surface area contributed by atoms with Crippen LogP contribution in [0, 0.1) is 5.92 Å². The summed E-state index contributed by atoms with van der Waals surface area (Å²) in [6.07, 6.45) is 7.75. The predicted molar refractivity (Wildman–Crippen MR) is 96.3 cm³/mol. The largest absolute Gasteiger partial charge is 0.361 e. The van der Waals surface area contributed by atoms with E-state index in [1.54, 1.807) is 13.4 Å². The highest BCUT2D eigenvalue weighted by molar-refractivity contribution is 5.84. The van der Waals surface area contributed by atoms with Gasteiger partial charge in [-0.15, -0.1) is 0 Å². The number of benzene rings is 1. The van der Waals surface area contributed by atoms with E-state index in [1.807, 2.05) is 6.21 Å². The molecule has 4 heteroatoms. The molecular formula is C18H26N4. The first-order chi connectivity index (χ1) is 10.6. The quantitative estimate of drug-likeness (QED) is 0.619. The Morgan fingerprint density at radius 1 is 1.32 bits per heavy atom. The molecule has 0 radical (unpaired) electrons. The number of hydrogen-bond donors (Lipinski definition) is 1. The molecule has 0 aliphatic heterocycles. The van der Waals surface area contributed by atoms with Gasteiger partial charge in [0, 0.05) is 36.9 Å². The lowest BCUT2D eigenvalue weighted by atomic mass is 9.99. The number of H-pyrrole nitrogens is 1. The van der Waals surface area contributed by atoms with Crippen LogP contribution in [0.3, 0.4) is 0 Å². The monoisotopic (exact) mass is 298 g/mol. The van der Waals surface area contributed by atoms with E-state index in [2.05, 4.69) is 65.3 Å². The summed E-state index contributed by atoms with van der Waals surface area (Å²) < 4.78 is 0. The van der Waals surface area contributed by atoms with Gasteiger partial charge in [-0.05, 0) is 56.1 Å². The SMILES string of the molecule is CN=CN=CC(C)Cc1ccc2[nH]cc(CCN(C)C)c2c1. The van der Waals surface area contributed by atoms with Gasteiger partial charge in [-0.1, -0.05) is 13.0 Å². The lowest BCUT2D eigenvalue weighted by Crippen LogP contribution is -2.14. The first-order valence-electron chi connectivity index (χ1n) is 7.77. The van der Waals surface area contributed by atoms with E-state index in [4.69, 9.17) is 0 Å². The number of rotatable bonds is 7. The van der Waals surface area contributed by atoms with E-state index >= 15 is 0 Å². The summed E-state index contributed by atoms with van der Waals surface area (Å²) in [5.41, 5.74) is 3.97. The standard InChI is InChI=1S/C18H26N4/c1-14(11-20-13-19-2)9-15-5-6-18-17(10-15)16(12-21-18)7-8-22(3)4/h5-6,10-14,21H,7-9H2,1-4H3. The van der Waals surface area contributed by atoms with E-state index < -0.39 is 0 Å². The van der Waals surface area contributed by atoms with Crippen molar-refractivity contribution in [3.05, 3.63) is 35.5 Å². The van der Waals surface area contributed by atoms with E-state index in [1.165, 1.54) is 22.0 Å². The normalized spacial score (nSPS) is 13.9. The fourth-order valence-electron chi connectivity index (χ4n) is 2.58. The minimum atomic E-state index is 0.402. The Labute approximate surface area is 133 Å². The van der Waals surface area contributed by atoms with Gasteiger partial charge >= 0.3 is 0 Å². The third-order valence-electron chi connectivity index (χ3n) is 3.74. The number of fused-ring (bicyclic) bond motifs is 1. The molecule has 0 aliphatic carbocycles. The fraction of sp³-hybridized carbons (Fsp3) is 0.444. The van der Waals surface area contributed by atoms with Crippen molar-refractivity contribution in [1.29, 1.82) is 0 Å². The highest BCUT2D eigenvalue weighted by Crippen LogP contribution is 2.21. The molecule has 1 unspecified atom stereocenters. The maximum absolute atomic E-state index is 4.18. The molecule has 4 nitrogen and oxygen atoms in total. The number of nitrogens with one attached hydrogen (secondary N) is 1. The van der Waals surface area contributed by atoms with Crippen LogP contribution in [0.5, 0.6) is 0 Å². The van der Waals surface area contributed by atoms with Gasteiger partial charge in [-0.2, -0.15) is 0 Å². The Kier molecular flexibility index (Phi) is 5.90. The van der Waals surface area contributed by atoms with Crippen molar-refractivity contribution in [1.82, 2.24) is 9.88 Å². The predicted octanol–water partition coefficient (Wildman–Crippen LogP) is 3.18. The average molecular weight is 298 g/mol. The van der Waals surface area contributed by atoms with Gasteiger partial charge in [0.15, 0.2) is 0 Å². The van der Waals surface area contributed by atoms with Gasteiger partial charge in [0.05, 0.1) is 0 Å². The molecule has 1 heterocycles. The summed E-state index contributed by atoms with van der Waals surface area (Å²) in [5, 5.41) is 1.35. The number of aromatic amines is 1. The Hall–Kier alpha value is -1.94. The third kappa shape index (κ3) is 4.53. The summed E-state index contributed by atoms with van der Waals surface area (Å²) >= 11 is 0. The summed E-state index contributed by atoms with van der Waals surface area (Å²) in [6.45, 7) is 3.25. The van der Waals surface area contributed by atoms with Crippen LogP contribution in [-0.4, -0.2) is 50.1 Å². The fourth-order valence-corrected chi connectivity index (χ4v) is 2.58. The molecule has 0 aliphatic rings. The zero-order chi connectivity index (χ0) is 15.9. The highest BCUT2D eigenvalue weighted by Gasteiger charge is 2.07. The van der Waals surface area contributed by atoms with Gasteiger partial charge in [0.2, 0.25) is 0 Å². The van der Waals surface area contributed by atoms with Crippen LogP contribution in [0.2, 0.25) is 0 Å². The third-order valence-corrected chi connectivity index (χ3v) is 3.74. The first kappa shape index (κ1) is 16.4. The summed E-state index contributed by atoms with van der Waals surface area (Å²) in [4.78, 5) is 13.6. The van der Waals surface area contributed by atoms with Crippen LogP contribution < -0.4 is 0 Å². The molecule has 22 heavy (non-hydrogen) atoms. The van der Waals surface area contributed by atoms with E-state index in [9.17, 15) is 0 Å². The Bertz CT molecular complexity index is 652. The Morgan fingerprint density at radius 2 is 2.14 bits per heavy atom. The molecule has 0 amide bonds. The molecule has 1 N–H and O–H groups in total. The van der Waals surface area contributed by atoms with Gasteiger partial charge in [-0.25, -0.2) is 4.99 Å². The zero-order valence-electron chi connectivity index (χ0n) is 14.0. The highest BCUT2D eigenvalue weighted by atomic mass is 15.0. The van der Waals surface area contributed by atoms with E-state index in [0.29, 0.717) is 5.92 Å². The van der Waals surface area contributed by atoms with Gasteiger partial charge < -0.3 is 9.88 Å². The second-order valence-corrected chi connectivity index (χ2v) is 6.10. The first-order valence-corrected chi connectivity index (χ1v) is 7.77. The van der Waals surface area contributed by atoms with Gasteiger partial charge in [-0.3, -0.25) is 4.99 Å². The maximum Gasteiger partial charge on any atom is 0.109 e. The molecule has 0 saturated carbocycles. The maximum atomic E-state index is 4.18. The molecule has 1 aromatic carbocycles. The smallest absolute Gasteiger partial charge is 0.109 e. The van der Waals surface area contributed by atoms with Crippen LogP contribution in [0.15, 0.2) is 34.4 Å². The second kappa shape index (κ2) is 7.90. The average Bonchev–Trinajstić information content (AvgIpc) is 2.88. The molecule has 118 valence electrons. The summed E-state index contributed by atoms with van der Waals surface area (Å²) in [5.74, 6) is 0.402. The van der Waals surface area contributed by atoms with Crippen LogP contribution in [0.1, 0.15) is 18.1 Å². The molecule has 0 spiro atoms. The minimum absolute atomic E-state index is 0.402. The van der Waals surface area contributed by atoms with Crippen LogP contribution in [0.4, 0.5) is 0 Å². The number of hydrogen-bond acceptors (Lipinski definition) is 2. The number of aliphatic imine (C=N–C) groups is 2. The number of likely N-dealkylation sites (N-methyl/N-ethyl adjacent to an activating group) is 1. The Morgan fingerprint density at radius 3 is 2.86 bits per heavy atom. The lowest BCUT2D eigenvalue weighted by molar-refractivity contribution is 0.414. The van der Waals surface area contributed by atoms with E-state index in [-0.39, 0.29) is 0 Å². The molecule has 0 fully saturated rings. The van der Waals surface area contributed by atoms with Crippen molar-refractivity contribution >= 4 is 23.5 Å². The molecule has 1 aromatic heterocycles. The Balaban J connectivity index is 2.13. The second-order valence-electron chi connectivity index (χ2n) is 6.10. The van der Waals surface area contributed by atoms with Crippen molar-refractivity contribution in [3.63, 3.8) is 0 Å². The molecular weight excluding hydrogens is 272 g/mol.